The van der Waals surface area contributed by atoms with Crippen LogP contribution >= 0.6 is 11.8 Å². The van der Waals surface area contributed by atoms with E-state index in [2.05, 4.69) is 10.6 Å². The van der Waals surface area contributed by atoms with E-state index in [0.29, 0.717) is 11.4 Å². The third-order valence-corrected chi connectivity index (χ3v) is 5.04. The van der Waals surface area contributed by atoms with E-state index in [-0.39, 0.29) is 22.8 Å². The van der Waals surface area contributed by atoms with Crippen LogP contribution < -0.4 is 16.4 Å². The quantitative estimate of drug-likeness (QED) is 0.502. The molecule has 0 radical (unpaired) electrons. The highest BCUT2D eigenvalue weighted by Crippen LogP contribution is 2.23. The summed E-state index contributed by atoms with van der Waals surface area (Å²) >= 11 is 1.25. The van der Waals surface area contributed by atoms with Crippen molar-refractivity contribution in [3.8, 4) is 0 Å². The van der Waals surface area contributed by atoms with E-state index in [0.717, 1.165) is 4.90 Å². The number of nitrogens with one attached hydrogen (secondary N) is 2. The summed E-state index contributed by atoms with van der Waals surface area (Å²) < 4.78 is 13.8. The third-order valence-electron chi connectivity index (χ3n) is 4.05. The molecule has 0 saturated heterocycles. The number of rotatable bonds is 7. The van der Waals surface area contributed by atoms with Crippen molar-refractivity contribution in [2.75, 3.05) is 16.4 Å². The van der Waals surface area contributed by atoms with Crippen LogP contribution in [-0.4, -0.2) is 23.5 Å². The zero-order chi connectivity index (χ0) is 21.5. The van der Waals surface area contributed by atoms with Gasteiger partial charge in [-0.05, 0) is 42.5 Å². The number of para-hydroxylation sites is 1. The zero-order valence-corrected chi connectivity index (χ0v) is 16.5. The Kier molecular flexibility index (Phi) is 6.82. The first kappa shape index (κ1) is 21.1. The molecule has 0 aromatic heterocycles. The minimum atomic E-state index is -0.628. The Hall–Kier alpha value is -3.65. The van der Waals surface area contributed by atoms with Gasteiger partial charge in [0.1, 0.15) is 5.82 Å². The molecule has 3 amide bonds. The van der Waals surface area contributed by atoms with Crippen LogP contribution in [-0.2, 0) is 4.79 Å². The summed E-state index contributed by atoms with van der Waals surface area (Å²) in [7, 11) is 0. The lowest BCUT2D eigenvalue weighted by molar-refractivity contribution is -0.113. The third kappa shape index (κ3) is 5.45. The minimum Gasteiger partial charge on any atom is -0.366 e. The monoisotopic (exact) mass is 423 g/mol. The van der Waals surface area contributed by atoms with Gasteiger partial charge in [-0.25, -0.2) is 4.39 Å². The van der Waals surface area contributed by atoms with Gasteiger partial charge in [-0.3, -0.25) is 14.4 Å². The van der Waals surface area contributed by atoms with Crippen molar-refractivity contribution >= 4 is 40.9 Å². The lowest BCUT2D eigenvalue weighted by Gasteiger charge is -2.10. The summed E-state index contributed by atoms with van der Waals surface area (Å²) in [5, 5.41) is 5.31. The maximum atomic E-state index is 13.8. The fraction of sp³-hybridized carbons (Fsp3) is 0.0455. The minimum absolute atomic E-state index is 0.0527. The van der Waals surface area contributed by atoms with Crippen molar-refractivity contribution in [2.24, 2.45) is 5.73 Å². The van der Waals surface area contributed by atoms with Crippen molar-refractivity contribution < 1.29 is 18.8 Å². The maximum Gasteiger partial charge on any atom is 0.258 e. The van der Waals surface area contributed by atoms with Gasteiger partial charge in [-0.2, -0.15) is 0 Å². The van der Waals surface area contributed by atoms with Crippen molar-refractivity contribution in [1.29, 1.82) is 0 Å². The molecule has 4 N–H and O–H groups in total. The predicted octanol–water partition coefficient (Wildman–Crippen LogP) is 3.91. The molecule has 0 heterocycles. The zero-order valence-electron chi connectivity index (χ0n) is 15.7. The summed E-state index contributed by atoms with van der Waals surface area (Å²) in [4.78, 5) is 36.7. The van der Waals surface area contributed by atoms with Gasteiger partial charge in [0.15, 0.2) is 0 Å². The Morgan fingerprint density at radius 3 is 2.30 bits per heavy atom. The standard InChI is InChI=1S/C22H18FN3O3S/c23-18-10-3-1-8-16(18)22(29)25-14-6-5-7-15(12-14)30-13-20(27)26-19-11-4-2-9-17(19)21(24)28/h1-12H,13H2,(H2,24,28)(H,25,29)(H,26,27). The van der Waals surface area contributed by atoms with Crippen LogP contribution in [0.2, 0.25) is 0 Å². The Labute approximate surface area is 176 Å². The topological polar surface area (TPSA) is 101 Å². The number of thioether (sulfide) groups is 1. The smallest absolute Gasteiger partial charge is 0.258 e. The second-order valence-electron chi connectivity index (χ2n) is 6.21. The van der Waals surface area contributed by atoms with E-state index in [9.17, 15) is 18.8 Å². The van der Waals surface area contributed by atoms with Crippen molar-refractivity contribution in [2.45, 2.75) is 4.90 Å². The van der Waals surface area contributed by atoms with Gasteiger partial charge >= 0.3 is 0 Å². The largest absolute Gasteiger partial charge is 0.366 e. The Morgan fingerprint density at radius 1 is 0.867 bits per heavy atom. The molecule has 0 spiro atoms. The summed E-state index contributed by atoms with van der Waals surface area (Å²) in [6, 6.07) is 19.1. The number of hydrogen-bond acceptors (Lipinski definition) is 4. The van der Waals surface area contributed by atoms with Gasteiger partial charge in [-0.15, -0.1) is 11.8 Å². The van der Waals surface area contributed by atoms with Gasteiger partial charge in [0, 0.05) is 10.6 Å². The summed E-state index contributed by atoms with van der Waals surface area (Å²) in [6.07, 6.45) is 0. The fourth-order valence-electron chi connectivity index (χ4n) is 2.65. The second-order valence-corrected chi connectivity index (χ2v) is 7.26. The number of halogens is 1. The summed E-state index contributed by atoms with van der Waals surface area (Å²) in [6.45, 7) is 0. The van der Waals surface area contributed by atoms with Gasteiger partial charge in [-0.1, -0.05) is 30.3 Å². The van der Waals surface area contributed by atoms with Crippen LogP contribution in [0.5, 0.6) is 0 Å². The second kappa shape index (κ2) is 9.71. The Balaban J connectivity index is 1.60. The van der Waals surface area contributed by atoms with E-state index < -0.39 is 17.6 Å². The van der Waals surface area contributed by atoms with Crippen LogP contribution in [0.1, 0.15) is 20.7 Å². The molecule has 30 heavy (non-hydrogen) atoms. The molecule has 152 valence electrons. The van der Waals surface area contributed by atoms with Gasteiger partial charge in [0.2, 0.25) is 5.91 Å². The van der Waals surface area contributed by atoms with Crippen molar-refractivity contribution in [3.63, 3.8) is 0 Å². The molecule has 0 saturated carbocycles. The highest BCUT2D eigenvalue weighted by Gasteiger charge is 2.13. The van der Waals surface area contributed by atoms with Gasteiger partial charge < -0.3 is 16.4 Å². The molecule has 0 aliphatic rings. The van der Waals surface area contributed by atoms with Crippen molar-refractivity contribution in [3.05, 3.63) is 89.7 Å². The highest BCUT2D eigenvalue weighted by molar-refractivity contribution is 8.00. The van der Waals surface area contributed by atoms with Gasteiger partial charge in [0.25, 0.3) is 11.8 Å². The molecular weight excluding hydrogens is 405 g/mol. The molecule has 3 rings (SSSR count). The predicted molar refractivity (Wildman–Crippen MR) is 115 cm³/mol. The number of anilines is 2. The number of carbonyl (C=O) groups excluding carboxylic acids is 3. The summed E-state index contributed by atoms with van der Waals surface area (Å²) in [5.41, 5.74) is 6.32. The summed E-state index contributed by atoms with van der Waals surface area (Å²) in [5.74, 6) is -2.02. The Bertz CT molecular complexity index is 1100. The Morgan fingerprint density at radius 2 is 1.57 bits per heavy atom. The molecule has 0 atom stereocenters. The molecule has 0 fully saturated rings. The van der Waals surface area contributed by atoms with E-state index in [4.69, 9.17) is 5.73 Å². The van der Waals surface area contributed by atoms with Crippen LogP contribution in [0.25, 0.3) is 0 Å². The normalized spacial score (nSPS) is 10.3. The molecule has 0 aliphatic heterocycles. The fourth-order valence-corrected chi connectivity index (χ4v) is 3.40. The molecule has 0 unspecified atom stereocenters. The SMILES string of the molecule is NC(=O)c1ccccc1NC(=O)CSc1cccc(NC(=O)c2ccccc2F)c1. The van der Waals surface area contributed by atoms with E-state index >= 15 is 0 Å². The van der Waals surface area contributed by atoms with Crippen LogP contribution in [0, 0.1) is 5.82 Å². The lowest BCUT2D eigenvalue weighted by Crippen LogP contribution is -2.19. The molecule has 0 aliphatic carbocycles. The van der Waals surface area contributed by atoms with Crippen LogP contribution in [0.4, 0.5) is 15.8 Å². The highest BCUT2D eigenvalue weighted by atomic mass is 32.2. The van der Waals surface area contributed by atoms with Crippen LogP contribution in [0.15, 0.2) is 77.7 Å². The maximum absolute atomic E-state index is 13.8. The average Bonchev–Trinajstić information content (AvgIpc) is 2.73. The van der Waals surface area contributed by atoms with Crippen molar-refractivity contribution in [1.82, 2.24) is 0 Å². The van der Waals surface area contributed by atoms with Crippen LogP contribution in [0.3, 0.4) is 0 Å². The molecule has 3 aromatic rings. The molecular formula is C22H18FN3O3S. The number of carbonyl (C=O) groups is 3. The van der Waals surface area contributed by atoms with E-state index in [1.54, 1.807) is 48.5 Å². The van der Waals surface area contributed by atoms with E-state index in [1.807, 2.05) is 0 Å². The molecule has 8 heteroatoms. The number of primary amides is 1. The first-order valence-electron chi connectivity index (χ1n) is 8.91. The lowest BCUT2D eigenvalue weighted by atomic mass is 10.1. The average molecular weight is 423 g/mol. The first-order valence-corrected chi connectivity index (χ1v) is 9.90. The number of amides is 3. The molecule has 3 aromatic carbocycles. The number of hydrogen-bond donors (Lipinski definition) is 3. The van der Waals surface area contributed by atoms with E-state index in [1.165, 1.54) is 36.0 Å². The number of nitrogens with two attached hydrogens (primary N) is 1. The molecule has 0 bridgehead atoms. The first-order chi connectivity index (χ1) is 14.4. The molecule has 6 nitrogen and oxygen atoms in total. The number of benzene rings is 3. The van der Waals surface area contributed by atoms with Gasteiger partial charge in [0.05, 0.1) is 22.6 Å².